The van der Waals surface area contributed by atoms with Crippen LogP contribution in [0.1, 0.15) is 24.5 Å². The first-order chi connectivity index (χ1) is 10.2. The van der Waals surface area contributed by atoms with Crippen LogP contribution in [0.3, 0.4) is 0 Å². The number of urea groups is 1. The minimum absolute atomic E-state index is 0.144. The van der Waals surface area contributed by atoms with Crippen LogP contribution in [-0.2, 0) is 9.47 Å². The van der Waals surface area contributed by atoms with E-state index in [-0.39, 0.29) is 18.2 Å². The van der Waals surface area contributed by atoms with Crippen molar-refractivity contribution >= 4 is 17.6 Å². The Morgan fingerprint density at radius 3 is 2.81 bits per heavy atom. The minimum atomic E-state index is -0.207. The summed E-state index contributed by atoms with van der Waals surface area (Å²) in [5.41, 5.74) is 0.973. The second-order valence-electron chi connectivity index (χ2n) is 5.00. The fourth-order valence-corrected chi connectivity index (χ4v) is 2.40. The van der Waals surface area contributed by atoms with Gasteiger partial charge in [0.1, 0.15) is 0 Å². The molecule has 6 heteroatoms. The Labute approximate surface area is 130 Å². The third-order valence-corrected chi connectivity index (χ3v) is 3.74. The summed E-state index contributed by atoms with van der Waals surface area (Å²) in [4.78, 5) is 11.8. The van der Waals surface area contributed by atoms with Gasteiger partial charge in [-0.25, -0.2) is 4.79 Å². The number of carbonyl (C=O) groups is 1. The largest absolute Gasteiger partial charge is 0.376 e. The number of amides is 2. The van der Waals surface area contributed by atoms with E-state index in [1.165, 1.54) is 0 Å². The van der Waals surface area contributed by atoms with E-state index in [0.29, 0.717) is 18.1 Å². The van der Waals surface area contributed by atoms with Gasteiger partial charge in [0.15, 0.2) is 0 Å². The highest BCUT2D eigenvalue weighted by molar-refractivity contribution is 6.30. The van der Waals surface area contributed by atoms with Gasteiger partial charge in [-0.2, -0.15) is 0 Å². The van der Waals surface area contributed by atoms with Crippen LogP contribution in [0.4, 0.5) is 4.79 Å². The van der Waals surface area contributed by atoms with E-state index < -0.39 is 0 Å². The standard InChI is InChI=1S/C15H21ClN2O3/c1-20-14(11-4-6-12(16)7-5-11)10-18-15(19)17-9-13-3-2-8-21-13/h4-7,13-14H,2-3,8-10H2,1H3,(H2,17,18,19)/t13-,14-/m0/s1. The number of hydrogen-bond acceptors (Lipinski definition) is 3. The van der Waals surface area contributed by atoms with Gasteiger partial charge in [0, 0.05) is 31.8 Å². The SMILES string of the molecule is CO[C@@H](CNC(=O)NC[C@@H]1CCCO1)c1ccc(Cl)cc1. The average molecular weight is 313 g/mol. The average Bonchev–Trinajstić information content (AvgIpc) is 3.01. The van der Waals surface area contributed by atoms with Crippen LogP contribution >= 0.6 is 11.6 Å². The lowest BCUT2D eigenvalue weighted by atomic mass is 10.1. The van der Waals surface area contributed by atoms with E-state index in [1.54, 1.807) is 19.2 Å². The van der Waals surface area contributed by atoms with Gasteiger partial charge in [0.2, 0.25) is 0 Å². The molecule has 1 aliphatic rings. The maximum atomic E-state index is 11.8. The molecule has 1 aromatic carbocycles. The first kappa shape index (κ1) is 16.1. The van der Waals surface area contributed by atoms with E-state index in [4.69, 9.17) is 21.1 Å². The number of carbonyl (C=O) groups excluding carboxylic acids is 1. The van der Waals surface area contributed by atoms with Crippen LogP contribution in [0.2, 0.25) is 5.02 Å². The van der Waals surface area contributed by atoms with Gasteiger partial charge in [-0.15, -0.1) is 0 Å². The van der Waals surface area contributed by atoms with Gasteiger partial charge in [-0.05, 0) is 30.5 Å². The van der Waals surface area contributed by atoms with Crippen LogP contribution in [0.25, 0.3) is 0 Å². The molecular weight excluding hydrogens is 292 g/mol. The molecule has 0 aromatic heterocycles. The summed E-state index contributed by atoms with van der Waals surface area (Å²) in [6.45, 7) is 1.73. The predicted octanol–water partition coefficient (Wildman–Crippen LogP) is 2.51. The molecule has 116 valence electrons. The van der Waals surface area contributed by atoms with Crippen LogP contribution in [-0.4, -0.2) is 38.9 Å². The van der Waals surface area contributed by atoms with Crippen LogP contribution in [0.15, 0.2) is 24.3 Å². The van der Waals surface area contributed by atoms with Crippen molar-refractivity contribution in [1.29, 1.82) is 0 Å². The zero-order valence-electron chi connectivity index (χ0n) is 12.1. The molecule has 0 unspecified atom stereocenters. The van der Waals surface area contributed by atoms with E-state index in [9.17, 15) is 4.79 Å². The van der Waals surface area contributed by atoms with Crippen LogP contribution in [0.5, 0.6) is 0 Å². The summed E-state index contributed by atoms with van der Waals surface area (Å²) in [5, 5.41) is 6.30. The van der Waals surface area contributed by atoms with Crippen LogP contribution in [0, 0.1) is 0 Å². The van der Waals surface area contributed by atoms with Crippen molar-refractivity contribution in [1.82, 2.24) is 10.6 Å². The lowest BCUT2D eigenvalue weighted by molar-refractivity contribution is 0.101. The zero-order valence-corrected chi connectivity index (χ0v) is 12.9. The van der Waals surface area contributed by atoms with Gasteiger partial charge < -0.3 is 20.1 Å². The van der Waals surface area contributed by atoms with E-state index in [2.05, 4.69) is 10.6 Å². The van der Waals surface area contributed by atoms with Crippen molar-refractivity contribution in [2.24, 2.45) is 0 Å². The summed E-state index contributed by atoms with van der Waals surface area (Å²) in [6, 6.07) is 7.19. The molecule has 0 saturated carbocycles. The first-order valence-corrected chi connectivity index (χ1v) is 7.48. The summed E-state index contributed by atoms with van der Waals surface area (Å²) in [7, 11) is 1.62. The van der Waals surface area contributed by atoms with E-state index in [0.717, 1.165) is 25.0 Å². The molecular formula is C15H21ClN2O3. The maximum Gasteiger partial charge on any atom is 0.314 e. The lowest BCUT2D eigenvalue weighted by Gasteiger charge is -2.17. The Kier molecular flexibility index (Phi) is 6.29. The van der Waals surface area contributed by atoms with Crippen molar-refractivity contribution in [3.8, 4) is 0 Å². The molecule has 5 nitrogen and oxygen atoms in total. The van der Waals surface area contributed by atoms with Gasteiger partial charge in [0.05, 0.1) is 12.2 Å². The maximum absolute atomic E-state index is 11.8. The molecule has 0 aliphatic carbocycles. The lowest BCUT2D eigenvalue weighted by Crippen LogP contribution is -2.41. The number of benzene rings is 1. The highest BCUT2D eigenvalue weighted by Crippen LogP contribution is 2.18. The predicted molar refractivity (Wildman–Crippen MR) is 81.6 cm³/mol. The Balaban J connectivity index is 1.74. The number of methoxy groups -OCH3 is 1. The van der Waals surface area contributed by atoms with Crippen molar-refractivity contribution in [2.75, 3.05) is 26.8 Å². The summed E-state index contributed by atoms with van der Waals surface area (Å²) < 4.78 is 10.8. The van der Waals surface area contributed by atoms with Crippen molar-refractivity contribution in [3.05, 3.63) is 34.9 Å². The Bertz CT molecular complexity index is 447. The normalized spacial score (nSPS) is 19.2. The van der Waals surface area contributed by atoms with E-state index in [1.807, 2.05) is 12.1 Å². The third-order valence-electron chi connectivity index (χ3n) is 3.49. The van der Waals surface area contributed by atoms with Crippen LogP contribution < -0.4 is 10.6 Å². The second-order valence-corrected chi connectivity index (χ2v) is 5.44. The highest BCUT2D eigenvalue weighted by Gasteiger charge is 2.17. The fraction of sp³-hybridized carbons (Fsp3) is 0.533. The quantitative estimate of drug-likeness (QED) is 0.848. The summed E-state index contributed by atoms with van der Waals surface area (Å²) in [6.07, 6.45) is 2.02. The first-order valence-electron chi connectivity index (χ1n) is 7.10. The molecule has 1 fully saturated rings. The Morgan fingerprint density at radius 2 is 2.19 bits per heavy atom. The molecule has 0 bridgehead atoms. The molecule has 21 heavy (non-hydrogen) atoms. The van der Waals surface area contributed by atoms with E-state index >= 15 is 0 Å². The van der Waals surface area contributed by atoms with Crippen molar-refractivity contribution < 1.29 is 14.3 Å². The molecule has 1 aliphatic heterocycles. The smallest absolute Gasteiger partial charge is 0.314 e. The molecule has 1 saturated heterocycles. The molecule has 2 N–H and O–H groups in total. The monoisotopic (exact) mass is 312 g/mol. The Hall–Kier alpha value is -1.30. The van der Waals surface area contributed by atoms with Gasteiger partial charge in [-0.3, -0.25) is 0 Å². The second kappa shape index (κ2) is 8.22. The van der Waals surface area contributed by atoms with Crippen molar-refractivity contribution in [3.63, 3.8) is 0 Å². The molecule has 1 aromatic rings. The summed E-state index contributed by atoms with van der Waals surface area (Å²) in [5.74, 6) is 0. The molecule has 0 radical (unpaired) electrons. The fourth-order valence-electron chi connectivity index (χ4n) is 2.27. The Morgan fingerprint density at radius 1 is 1.43 bits per heavy atom. The summed E-state index contributed by atoms with van der Waals surface area (Å²) >= 11 is 5.86. The number of hydrogen-bond donors (Lipinski definition) is 2. The highest BCUT2D eigenvalue weighted by atomic mass is 35.5. The van der Waals surface area contributed by atoms with Gasteiger partial charge in [0.25, 0.3) is 0 Å². The molecule has 1 heterocycles. The third kappa shape index (κ3) is 5.19. The zero-order chi connectivity index (χ0) is 15.1. The molecule has 2 atom stereocenters. The minimum Gasteiger partial charge on any atom is -0.376 e. The number of nitrogens with one attached hydrogen (secondary N) is 2. The topological polar surface area (TPSA) is 59.6 Å². The molecule has 2 rings (SSSR count). The number of ether oxygens (including phenoxy) is 2. The number of rotatable bonds is 6. The molecule has 0 spiro atoms. The molecule has 2 amide bonds. The number of halogens is 1. The van der Waals surface area contributed by atoms with Gasteiger partial charge >= 0.3 is 6.03 Å². The van der Waals surface area contributed by atoms with Gasteiger partial charge in [-0.1, -0.05) is 23.7 Å². The van der Waals surface area contributed by atoms with Crippen molar-refractivity contribution in [2.45, 2.75) is 25.0 Å².